The number of carbonyl (C=O) groups excluding carboxylic acids is 1. The number of fused-ring (bicyclic) bond motifs is 1. The standard InChI is InChI=1S/C22H24N4O4S/c1-3-31(28,29)26-15-21(30-20-11-7-6-10-19(20)26)22(27)24-14-17-8-4-5-9-18(17)25-13-12-23-16(25)2/h4-13,21H,3,14-15H2,1-2H3,(H,24,27). The van der Waals surface area contributed by atoms with Crippen LogP contribution in [0.25, 0.3) is 5.69 Å². The smallest absolute Gasteiger partial charge is 0.263 e. The molecule has 1 atom stereocenters. The average molecular weight is 441 g/mol. The molecule has 1 unspecified atom stereocenters. The molecular formula is C22H24N4O4S. The molecule has 1 N–H and O–H groups in total. The number of aryl methyl sites for hydroxylation is 1. The fraction of sp³-hybridized carbons (Fsp3) is 0.273. The van der Waals surface area contributed by atoms with E-state index in [1.165, 1.54) is 4.31 Å². The fourth-order valence-electron chi connectivity index (χ4n) is 3.58. The lowest BCUT2D eigenvalue weighted by Gasteiger charge is -2.34. The predicted molar refractivity (Wildman–Crippen MR) is 118 cm³/mol. The molecule has 9 heteroatoms. The van der Waals surface area contributed by atoms with Gasteiger partial charge in [0, 0.05) is 18.9 Å². The number of hydrogen-bond donors (Lipinski definition) is 1. The molecule has 2 aromatic carbocycles. The van der Waals surface area contributed by atoms with E-state index in [-0.39, 0.29) is 24.7 Å². The van der Waals surface area contributed by atoms with Gasteiger partial charge in [0.2, 0.25) is 10.0 Å². The van der Waals surface area contributed by atoms with Crippen molar-refractivity contribution >= 4 is 21.6 Å². The summed E-state index contributed by atoms with van der Waals surface area (Å²) in [6, 6.07) is 14.6. The average Bonchev–Trinajstić information content (AvgIpc) is 3.22. The van der Waals surface area contributed by atoms with Crippen LogP contribution in [0.5, 0.6) is 5.75 Å². The summed E-state index contributed by atoms with van der Waals surface area (Å²) in [6.45, 7) is 3.69. The van der Waals surface area contributed by atoms with Gasteiger partial charge in [0.05, 0.1) is 23.7 Å². The van der Waals surface area contributed by atoms with Crippen LogP contribution in [-0.2, 0) is 21.4 Å². The monoisotopic (exact) mass is 440 g/mol. The molecule has 4 rings (SSSR count). The number of ether oxygens (including phenoxy) is 1. The summed E-state index contributed by atoms with van der Waals surface area (Å²) >= 11 is 0. The molecule has 0 radical (unpaired) electrons. The molecule has 0 bridgehead atoms. The van der Waals surface area contributed by atoms with Crippen molar-refractivity contribution < 1.29 is 17.9 Å². The molecular weight excluding hydrogens is 416 g/mol. The number of nitrogens with zero attached hydrogens (tertiary/aromatic N) is 3. The maximum Gasteiger partial charge on any atom is 0.263 e. The number of hydrogen-bond acceptors (Lipinski definition) is 5. The van der Waals surface area contributed by atoms with E-state index < -0.39 is 16.1 Å². The third-order valence-corrected chi connectivity index (χ3v) is 7.00. The van der Waals surface area contributed by atoms with E-state index in [0.717, 1.165) is 17.1 Å². The molecule has 1 aliphatic heterocycles. The third-order valence-electron chi connectivity index (χ3n) is 5.26. The largest absolute Gasteiger partial charge is 0.476 e. The minimum atomic E-state index is -3.55. The Balaban J connectivity index is 1.54. The van der Waals surface area contributed by atoms with Crippen LogP contribution >= 0.6 is 0 Å². The molecule has 2 heterocycles. The number of nitrogens with one attached hydrogen (secondary N) is 1. The zero-order chi connectivity index (χ0) is 22.0. The SMILES string of the molecule is CCS(=O)(=O)N1CC(C(=O)NCc2ccccc2-n2ccnc2C)Oc2ccccc21. The number of anilines is 1. The Morgan fingerprint density at radius 1 is 1.16 bits per heavy atom. The molecule has 0 aliphatic carbocycles. The molecule has 8 nitrogen and oxygen atoms in total. The normalized spacial score (nSPS) is 15.8. The number of para-hydroxylation sites is 3. The van der Waals surface area contributed by atoms with Gasteiger partial charge in [0.25, 0.3) is 5.91 Å². The number of amides is 1. The second kappa shape index (κ2) is 8.43. The van der Waals surface area contributed by atoms with E-state index in [9.17, 15) is 13.2 Å². The molecule has 3 aromatic rings. The van der Waals surface area contributed by atoms with Crippen LogP contribution in [0.1, 0.15) is 18.3 Å². The maximum atomic E-state index is 12.9. The van der Waals surface area contributed by atoms with Crippen molar-refractivity contribution in [3.8, 4) is 11.4 Å². The van der Waals surface area contributed by atoms with Crippen molar-refractivity contribution in [1.29, 1.82) is 0 Å². The highest BCUT2D eigenvalue weighted by Gasteiger charge is 2.35. The number of aromatic nitrogens is 2. The lowest BCUT2D eigenvalue weighted by Crippen LogP contribution is -2.50. The number of rotatable bonds is 6. The molecule has 162 valence electrons. The fourth-order valence-corrected chi connectivity index (χ4v) is 4.71. The van der Waals surface area contributed by atoms with Crippen LogP contribution in [-0.4, -0.2) is 42.3 Å². The highest BCUT2D eigenvalue weighted by atomic mass is 32.2. The Labute approximate surface area is 181 Å². The van der Waals surface area contributed by atoms with Crippen molar-refractivity contribution in [3.63, 3.8) is 0 Å². The van der Waals surface area contributed by atoms with Crippen LogP contribution in [0.3, 0.4) is 0 Å². The predicted octanol–water partition coefficient (Wildman–Crippen LogP) is 2.41. The summed E-state index contributed by atoms with van der Waals surface area (Å²) in [7, 11) is -3.55. The van der Waals surface area contributed by atoms with E-state index in [0.29, 0.717) is 11.4 Å². The zero-order valence-corrected chi connectivity index (χ0v) is 18.2. The van der Waals surface area contributed by atoms with Gasteiger partial charge in [-0.3, -0.25) is 9.10 Å². The van der Waals surface area contributed by atoms with Crippen molar-refractivity contribution in [3.05, 3.63) is 72.3 Å². The van der Waals surface area contributed by atoms with Gasteiger partial charge in [0.1, 0.15) is 11.6 Å². The first-order valence-corrected chi connectivity index (χ1v) is 11.6. The topological polar surface area (TPSA) is 93.5 Å². The van der Waals surface area contributed by atoms with E-state index in [4.69, 9.17) is 4.74 Å². The van der Waals surface area contributed by atoms with Crippen LogP contribution in [0.15, 0.2) is 60.9 Å². The summed E-state index contributed by atoms with van der Waals surface area (Å²) in [5.74, 6) is 0.780. The second-order valence-corrected chi connectivity index (χ2v) is 9.38. The minimum absolute atomic E-state index is 0.0622. The first-order chi connectivity index (χ1) is 14.9. The number of sulfonamides is 1. The van der Waals surface area contributed by atoms with E-state index >= 15 is 0 Å². The van der Waals surface area contributed by atoms with Crippen molar-refractivity contribution in [1.82, 2.24) is 14.9 Å². The number of benzene rings is 2. The first-order valence-electron chi connectivity index (χ1n) is 10.0. The van der Waals surface area contributed by atoms with Crippen LogP contribution in [0.2, 0.25) is 0 Å². The van der Waals surface area contributed by atoms with Gasteiger partial charge in [-0.2, -0.15) is 0 Å². The number of carbonyl (C=O) groups is 1. The summed E-state index contributed by atoms with van der Waals surface area (Å²) in [6.07, 6.45) is 2.64. The Kier molecular flexibility index (Phi) is 5.69. The molecule has 0 saturated carbocycles. The lowest BCUT2D eigenvalue weighted by molar-refractivity contribution is -0.127. The quantitative estimate of drug-likeness (QED) is 0.635. The Morgan fingerprint density at radius 2 is 1.87 bits per heavy atom. The third kappa shape index (κ3) is 4.13. The summed E-state index contributed by atoms with van der Waals surface area (Å²) < 4.78 is 34.3. The Hall–Kier alpha value is -3.33. The molecule has 31 heavy (non-hydrogen) atoms. The molecule has 1 aliphatic rings. The van der Waals surface area contributed by atoms with Gasteiger partial charge in [0.15, 0.2) is 6.10 Å². The van der Waals surface area contributed by atoms with Gasteiger partial charge in [-0.1, -0.05) is 30.3 Å². The summed E-state index contributed by atoms with van der Waals surface area (Å²) in [5.41, 5.74) is 2.28. The van der Waals surface area contributed by atoms with E-state index in [1.54, 1.807) is 37.4 Å². The minimum Gasteiger partial charge on any atom is -0.476 e. The highest BCUT2D eigenvalue weighted by Crippen LogP contribution is 2.35. The molecule has 0 fully saturated rings. The first kappa shape index (κ1) is 20.9. The van der Waals surface area contributed by atoms with Gasteiger partial charge >= 0.3 is 0 Å². The van der Waals surface area contributed by atoms with Gasteiger partial charge in [-0.25, -0.2) is 13.4 Å². The molecule has 1 aromatic heterocycles. The van der Waals surface area contributed by atoms with E-state index in [2.05, 4.69) is 10.3 Å². The van der Waals surface area contributed by atoms with Crippen molar-refractivity contribution in [2.75, 3.05) is 16.6 Å². The molecule has 0 saturated heterocycles. The second-order valence-electron chi connectivity index (χ2n) is 7.20. The highest BCUT2D eigenvalue weighted by molar-refractivity contribution is 7.92. The van der Waals surface area contributed by atoms with Crippen LogP contribution < -0.4 is 14.4 Å². The molecule has 0 spiro atoms. The van der Waals surface area contributed by atoms with Crippen LogP contribution in [0, 0.1) is 6.92 Å². The zero-order valence-electron chi connectivity index (χ0n) is 17.4. The van der Waals surface area contributed by atoms with Crippen LogP contribution in [0.4, 0.5) is 5.69 Å². The summed E-state index contributed by atoms with van der Waals surface area (Å²) in [5, 5.41) is 2.89. The lowest BCUT2D eigenvalue weighted by atomic mass is 10.1. The van der Waals surface area contributed by atoms with Gasteiger partial charge in [-0.05, 0) is 37.6 Å². The van der Waals surface area contributed by atoms with Crippen molar-refractivity contribution in [2.24, 2.45) is 0 Å². The summed E-state index contributed by atoms with van der Waals surface area (Å²) in [4.78, 5) is 17.2. The molecule has 1 amide bonds. The maximum absolute atomic E-state index is 12.9. The van der Waals surface area contributed by atoms with E-state index in [1.807, 2.05) is 42.0 Å². The van der Waals surface area contributed by atoms with Gasteiger partial charge in [-0.15, -0.1) is 0 Å². The number of imidazole rings is 1. The Morgan fingerprint density at radius 3 is 2.58 bits per heavy atom. The van der Waals surface area contributed by atoms with Crippen molar-refractivity contribution in [2.45, 2.75) is 26.5 Å². The van der Waals surface area contributed by atoms with Gasteiger partial charge < -0.3 is 14.6 Å². The Bertz CT molecular complexity index is 1210.